The Kier molecular flexibility index (Phi) is 3.82. The molecule has 1 aromatic rings. The van der Waals surface area contributed by atoms with Crippen LogP contribution in [-0.2, 0) is 4.79 Å². The average molecular weight is 247 g/mol. The van der Waals surface area contributed by atoms with E-state index in [4.69, 9.17) is 0 Å². The van der Waals surface area contributed by atoms with Crippen LogP contribution in [0.2, 0.25) is 0 Å². The van der Waals surface area contributed by atoms with E-state index in [-0.39, 0.29) is 11.9 Å². The van der Waals surface area contributed by atoms with Crippen molar-refractivity contribution < 1.29 is 9.59 Å². The summed E-state index contributed by atoms with van der Waals surface area (Å²) in [5, 5.41) is 5.52. The number of anilines is 2. The molecule has 0 spiro atoms. The molecule has 1 saturated heterocycles. The van der Waals surface area contributed by atoms with Gasteiger partial charge in [0.25, 0.3) is 0 Å². The first-order valence-corrected chi connectivity index (χ1v) is 6.09. The number of hydrogen-bond acceptors (Lipinski definition) is 2. The van der Waals surface area contributed by atoms with Crippen molar-refractivity contribution >= 4 is 23.3 Å². The number of nitrogens with zero attached hydrogens (tertiary/aromatic N) is 1. The van der Waals surface area contributed by atoms with Crippen molar-refractivity contribution in [1.29, 1.82) is 0 Å². The average Bonchev–Trinajstić information content (AvgIpc) is 2.84. The highest BCUT2D eigenvalue weighted by Crippen LogP contribution is 2.15. The van der Waals surface area contributed by atoms with E-state index in [2.05, 4.69) is 10.6 Å². The Balaban J connectivity index is 1.93. The van der Waals surface area contributed by atoms with E-state index in [0.29, 0.717) is 0 Å². The van der Waals surface area contributed by atoms with E-state index in [0.717, 1.165) is 37.3 Å². The molecule has 1 heterocycles. The summed E-state index contributed by atoms with van der Waals surface area (Å²) in [6.07, 6.45) is 2.16. The second kappa shape index (κ2) is 5.53. The number of carbonyl (C=O) groups is 2. The van der Waals surface area contributed by atoms with Crippen LogP contribution in [-0.4, -0.2) is 29.9 Å². The minimum Gasteiger partial charge on any atom is -0.326 e. The molecule has 18 heavy (non-hydrogen) atoms. The van der Waals surface area contributed by atoms with E-state index < -0.39 is 0 Å². The fraction of sp³-hybridized carbons (Fsp3) is 0.385. The number of nitrogens with one attached hydrogen (secondary N) is 2. The molecule has 0 aromatic heterocycles. The summed E-state index contributed by atoms with van der Waals surface area (Å²) in [5.41, 5.74) is 1.46. The van der Waals surface area contributed by atoms with Gasteiger partial charge in [0.15, 0.2) is 0 Å². The Morgan fingerprint density at radius 3 is 2.00 bits per heavy atom. The minimum absolute atomic E-state index is 0.0558. The molecule has 96 valence electrons. The van der Waals surface area contributed by atoms with Crippen molar-refractivity contribution in [2.45, 2.75) is 19.8 Å². The summed E-state index contributed by atoms with van der Waals surface area (Å²) >= 11 is 0. The summed E-state index contributed by atoms with van der Waals surface area (Å²) in [4.78, 5) is 24.5. The molecule has 2 rings (SSSR count). The fourth-order valence-electron chi connectivity index (χ4n) is 1.96. The molecule has 3 amide bonds. The Hall–Kier alpha value is -2.04. The zero-order valence-electron chi connectivity index (χ0n) is 10.4. The van der Waals surface area contributed by atoms with Crippen molar-refractivity contribution in [3.8, 4) is 0 Å². The van der Waals surface area contributed by atoms with E-state index in [9.17, 15) is 9.59 Å². The lowest BCUT2D eigenvalue weighted by Gasteiger charge is -2.16. The van der Waals surface area contributed by atoms with Gasteiger partial charge in [0, 0.05) is 31.4 Å². The lowest BCUT2D eigenvalue weighted by Crippen LogP contribution is -2.32. The summed E-state index contributed by atoms with van der Waals surface area (Å²) in [7, 11) is 0. The van der Waals surface area contributed by atoms with Crippen LogP contribution in [0.25, 0.3) is 0 Å². The number of carbonyl (C=O) groups excluding carboxylic acids is 2. The maximum absolute atomic E-state index is 11.8. The lowest BCUT2D eigenvalue weighted by atomic mass is 10.3. The van der Waals surface area contributed by atoms with Gasteiger partial charge in [-0.3, -0.25) is 4.79 Å². The van der Waals surface area contributed by atoms with Crippen LogP contribution in [0.15, 0.2) is 24.3 Å². The van der Waals surface area contributed by atoms with Crippen molar-refractivity contribution in [3.63, 3.8) is 0 Å². The molecular formula is C13H17N3O2. The van der Waals surface area contributed by atoms with Gasteiger partial charge in [-0.15, -0.1) is 0 Å². The van der Waals surface area contributed by atoms with Gasteiger partial charge in [0.05, 0.1) is 0 Å². The summed E-state index contributed by atoms with van der Waals surface area (Å²) < 4.78 is 0. The first-order valence-electron chi connectivity index (χ1n) is 6.09. The van der Waals surface area contributed by atoms with Crippen LogP contribution in [0.4, 0.5) is 16.2 Å². The third-order valence-corrected chi connectivity index (χ3v) is 2.85. The van der Waals surface area contributed by atoms with Crippen LogP contribution in [0.3, 0.4) is 0 Å². The molecular weight excluding hydrogens is 230 g/mol. The van der Waals surface area contributed by atoms with Crippen LogP contribution >= 0.6 is 0 Å². The third-order valence-electron chi connectivity index (χ3n) is 2.85. The molecule has 0 atom stereocenters. The molecule has 0 saturated carbocycles. The fourth-order valence-corrected chi connectivity index (χ4v) is 1.96. The van der Waals surface area contributed by atoms with Crippen LogP contribution in [0, 0.1) is 0 Å². The molecule has 1 aromatic carbocycles. The van der Waals surface area contributed by atoms with Crippen molar-refractivity contribution in [1.82, 2.24) is 4.90 Å². The summed E-state index contributed by atoms with van der Waals surface area (Å²) in [5.74, 6) is -0.108. The quantitative estimate of drug-likeness (QED) is 0.842. The monoisotopic (exact) mass is 247 g/mol. The number of urea groups is 1. The first kappa shape index (κ1) is 12.4. The summed E-state index contributed by atoms with van der Waals surface area (Å²) in [6, 6.07) is 7.03. The summed E-state index contributed by atoms with van der Waals surface area (Å²) in [6.45, 7) is 3.12. The number of amides is 3. The standard InChI is InChI=1S/C13H17N3O2/c1-10(17)14-11-4-6-12(7-5-11)15-13(18)16-8-2-3-9-16/h4-7H,2-3,8-9H2,1H3,(H,14,17)(H,15,18). The van der Waals surface area contributed by atoms with Crippen molar-refractivity contribution in [2.75, 3.05) is 23.7 Å². The minimum atomic E-state index is -0.108. The van der Waals surface area contributed by atoms with Crippen molar-refractivity contribution in [2.24, 2.45) is 0 Å². The highest BCUT2D eigenvalue weighted by atomic mass is 16.2. The molecule has 0 bridgehead atoms. The molecule has 0 unspecified atom stereocenters. The maximum Gasteiger partial charge on any atom is 0.321 e. The zero-order chi connectivity index (χ0) is 13.0. The van der Waals surface area contributed by atoms with Gasteiger partial charge in [0.1, 0.15) is 0 Å². The van der Waals surface area contributed by atoms with E-state index in [1.54, 1.807) is 24.3 Å². The predicted octanol–water partition coefficient (Wildman–Crippen LogP) is 2.27. The topological polar surface area (TPSA) is 61.4 Å². The number of likely N-dealkylation sites (tertiary alicyclic amines) is 1. The molecule has 2 N–H and O–H groups in total. The predicted molar refractivity (Wildman–Crippen MR) is 70.6 cm³/mol. The Morgan fingerprint density at radius 2 is 1.50 bits per heavy atom. The zero-order valence-corrected chi connectivity index (χ0v) is 10.4. The molecule has 1 fully saturated rings. The molecule has 0 radical (unpaired) electrons. The Bertz CT molecular complexity index is 436. The number of rotatable bonds is 2. The van der Waals surface area contributed by atoms with Gasteiger partial charge >= 0.3 is 6.03 Å². The molecule has 5 heteroatoms. The smallest absolute Gasteiger partial charge is 0.321 e. The Morgan fingerprint density at radius 1 is 1.00 bits per heavy atom. The van der Waals surface area contributed by atoms with Crippen LogP contribution in [0.1, 0.15) is 19.8 Å². The Labute approximate surface area is 106 Å². The van der Waals surface area contributed by atoms with Gasteiger partial charge in [-0.2, -0.15) is 0 Å². The normalized spacial score (nSPS) is 14.4. The van der Waals surface area contributed by atoms with Gasteiger partial charge in [-0.05, 0) is 37.1 Å². The SMILES string of the molecule is CC(=O)Nc1ccc(NC(=O)N2CCCC2)cc1. The second-order valence-electron chi connectivity index (χ2n) is 4.38. The van der Waals surface area contributed by atoms with Gasteiger partial charge < -0.3 is 15.5 Å². The van der Waals surface area contributed by atoms with Crippen molar-refractivity contribution in [3.05, 3.63) is 24.3 Å². The van der Waals surface area contributed by atoms with Gasteiger partial charge in [-0.25, -0.2) is 4.79 Å². The van der Waals surface area contributed by atoms with E-state index in [1.165, 1.54) is 6.92 Å². The third kappa shape index (κ3) is 3.23. The number of hydrogen-bond donors (Lipinski definition) is 2. The molecule has 1 aliphatic heterocycles. The molecule has 5 nitrogen and oxygen atoms in total. The second-order valence-corrected chi connectivity index (χ2v) is 4.38. The van der Waals surface area contributed by atoms with Crippen LogP contribution in [0.5, 0.6) is 0 Å². The highest BCUT2D eigenvalue weighted by Gasteiger charge is 2.17. The van der Waals surface area contributed by atoms with E-state index in [1.807, 2.05) is 4.90 Å². The van der Waals surface area contributed by atoms with Gasteiger partial charge in [0.2, 0.25) is 5.91 Å². The van der Waals surface area contributed by atoms with Crippen LogP contribution < -0.4 is 10.6 Å². The maximum atomic E-state index is 11.8. The molecule has 0 aliphatic carbocycles. The first-order chi connectivity index (χ1) is 8.65. The lowest BCUT2D eigenvalue weighted by molar-refractivity contribution is -0.114. The largest absolute Gasteiger partial charge is 0.326 e. The highest BCUT2D eigenvalue weighted by molar-refractivity contribution is 5.91. The van der Waals surface area contributed by atoms with E-state index >= 15 is 0 Å². The molecule has 1 aliphatic rings. The van der Waals surface area contributed by atoms with Gasteiger partial charge in [-0.1, -0.05) is 0 Å². The number of benzene rings is 1.